The van der Waals surface area contributed by atoms with E-state index in [0.717, 1.165) is 6.08 Å². The summed E-state index contributed by atoms with van der Waals surface area (Å²) in [5.74, 6) is -1.98. The zero-order chi connectivity index (χ0) is 10.6. The van der Waals surface area contributed by atoms with Crippen molar-refractivity contribution in [3.63, 3.8) is 0 Å². The summed E-state index contributed by atoms with van der Waals surface area (Å²) in [7, 11) is -4.95. The molecule has 2 atom stereocenters. The zero-order valence-electron chi connectivity index (χ0n) is 6.28. The Balaban J connectivity index is 4.64. The van der Waals surface area contributed by atoms with Crippen LogP contribution in [0, 0.1) is 0 Å². The molecule has 0 aliphatic heterocycles. The molecule has 0 radical (unpaired) electrons. The summed E-state index contributed by atoms with van der Waals surface area (Å²) >= 11 is 0. The molecule has 8 heteroatoms. The summed E-state index contributed by atoms with van der Waals surface area (Å²) in [5.41, 5.74) is 0. The standard InChI is InChI=1S/C5H8O7S/c1-2-3(6)4(5(7)8)12-13(9,10)11/h2-4,6H,1H2,(H,7,8)(H,9,10,11)/p-1. The summed E-state index contributed by atoms with van der Waals surface area (Å²) in [6.45, 7) is 3.00. The number of hydrogen-bond acceptors (Lipinski definition) is 6. The minimum absolute atomic E-state index is 0.728. The van der Waals surface area contributed by atoms with Gasteiger partial charge in [-0.05, 0) is 0 Å². The monoisotopic (exact) mass is 211 g/mol. The topological polar surface area (TPSA) is 124 Å². The summed E-state index contributed by atoms with van der Waals surface area (Å²) in [6, 6.07) is 0. The van der Waals surface area contributed by atoms with Crippen LogP contribution in [0.2, 0.25) is 0 Å². The average molecular weight is 211 g/mol. The van der Waals surface area contributed by atoms with Gasteiger partial charge in [0, 0.05) is 0 Å². The van der Waals surface area contributed by atoms with Crippen molar-refractivity contribution >= 4 is 16.4 Å². The van der Waals surface area contributed by atoms with Gasteiger partial charge in [0.1, 0.15) is 12.2 Å². The third-order valence-electron chi connectivity index (χ3n) is 1.01. The normalized spacial score (nSPS) is 16.2. The molecular weight excluding hydrogens is 204 g/mol. The second kappa shape index (κ2) is 4.33. The minimum atomic E-state index is -4.95. The van der Waals surface area contributed by atoms with Gasteiger partial charge in [0.05, 0.1) is 5.97 Å². The van der Waals surface area contributed by atoms with Crippen LogP contribution in [0.5, 0.6) is 0 Å². The van der Waals surface area contributed by atoms with Crippen LogP contribution in [0.4, 0.5) is 0 Å². The van der Waals surface area contributed by atoms with Crippen LogP contribution in [0.25, 0.3) is 0 Å². The Labute approximate surface area is 74.2 Å². The Morgan fingerprint density at radius 3 is 2.31 bits per heavy atom. The first-order valence-electron chi connectivity index (χ1n) is 2.95. The first kappa shape index (κ1) is 12.0. The van der Waals surface area contributed by atoms with Gasteiger partial charge in [-0.3, -0.25) is 4.55 Å². The van der Waals surface area contributed by atoms with E-state index in [1.165, 1.54) is 0 Å². The third-order valence-corrected chi connectivity index (χ3v) is 1.46. The molecule has 0 bridgehead atoms. The fraction of sp³-hybridized carbons (Fsp3) is 0.400. The van der Waals surface area contributed by atoms with E-state index in [-0.39, 0.29) is 0 Å². The van der Waals surface area contributed by atoms with Gasteiger partial charge in [0.15, 0.2) is 0 Å². The van der Waals surface area contributed by atoms with E-state index in [9.17, 15) is 18.3 Å². The van der Waals surface area contributed by atoms with Gasteiger partial charge in [-0.1, -0.05) is 6.08 Å². The van der Waals surface area contributed by atoms with E-state index in [1.54, 1.807) is 0 Å². The lowest BCUT2D eigenvalue weighted by molar-refractivity contribution is -0.316. The number of rotatable bonds is 5. The maximum Gasteiger partial charge on any atom is 0.398 e. The Hall–Kier alpha value is -0.960. The number of hydrogen-bond donors (Lipinski definition) is 2. The minimum Gasteiger partial charge on any atom is -0.547 e. The molecular formula is C5H7O7S-. The van der Waals surface area contributed by atoms with Crippen LogP contribution < -0.4 is 5.11 Å². The second-order valence-corrected chi connectivity index (χ2v) is 3.04. The van der Waals surface area contributed by atoms with Crippen molar-refractivity contribution in [2.45, 2.75) is 12.2 Å². The smallest absolute Gasteiger partial charge is 0.398 e. The lowest BCUT2D eigenvalue weighted by Crippen LogP contribution is -2.45. The van der Waals surface area contributed by atoms with E-state index < -0.39 is 28.6 Å². The van der Waals surface area contributed by atoms with E-state index in [4.69, 9.17) is 9.66 Å². The predicted molar refractivity (Wildman–Crippen MR) is 37.6 cm³/mol. The molecule has 2 unspecified atom stereocenters. The van der Waals surface area contributed by atoms with Crippen molar-refractivity contribution in [2.24, 2.45) is 0 Å². The number of carbonyl (C=O) groups excluding carboxylic acids is 1. The molecule has 13 heavy (non-hydrogen) atoms. The molecule has 0 aliphatic rings. The van der Waals surface area contributed by atoms with Crippen molar-refractivity contribution in [1.29, 1.82) is 0 Å². The molecule has 0 saturated carbocycles. The molecule has 0 amide bonds. The highest BCUT2D eigenvalue weighted by Crippen LogP contribution is 2.03. The van der Waals surface area contributed by atoms with Crippen LogP contribution in [-0.2, 0) is 19.4 Å². The zero-order valence-corrected chi connectivity index (χ0v) is 7.10. The van der Waals surface area contributed by atoms with Gasteiger partial charge in [-0.25, -0.2) is 4.18 Å². The van der Waals surface area contributed by atoms with Crippen molar-refractivity contribution in [1.82, 2.24) is 0 Å². The Morgan fingerprint density at radius 2 is 2.08 bits per heavy atom. The highest BCUT2D eigenvalue weighted by molar-refractivity contribution is 7.80. The van der Waals surface area contributed by atoms with E-state index >= 15 is 0 Å². The Kier molecular flexibility index (Phi) is 4.01. The SMILES string of the molecule is C=CC(O)C(OS(=O)(=O)O)C(=O)[O-]. The number of aliphatic hydroxyl groups is 1. The fourth-order valence-corrected chi connectivity index (χ4v) is 0.945. The molecule has 76 valence electrons. The second-order valence-electron chi connectivity index (χ2n) is 1.99. The summed E-state index contributed by atoms with van der Waals surface area (Å²) < 4.78 is 31.8. The van der Waals surface area contributed by atoms with E-state index in [0.29, 0.717) is 0 Å². The molecule has 0 heterocycles. The van der Waals surface area contributed by atoms with Gasteiger partial charge in [0.25, 0.3) is 0 Å². The van der Waals surface area contributed by atoms with Gasteiger partial charge >= 0.3 is 10.4 Å². The molecule has 0 fully saturated rings. The molecule has 0 spiro atoms. The van der Waals surface area contributed by atoms with Crippen LogP contribution in [0.3, 0.4) is 0 Å². The van der Waals surface area contributed by atoms with Gasteiger partial charge < -0.3 is 15.0 Å². The van der Waals surface area contributed by atoms with Crippen molar-refractivity contribution in [3.8, 4) is 0 Å². The van der Waals surface area contributed by atoms with E-state index in [2.05, 4.69) is 10.8 Å². The average Bonchev–Trinajstić information content (AvgIpc) is 1.96. The van der Waals surface area contributed by atoms with Crippen LogP contribution >= 0.6 is 0 Å². The van der Waals surface area contributed by atoms with E-state index in [1.807, 2.05) is 0 Å². The number of aliphatic hydroxyl groups excluding tert-OH is 1. The predicted octanol–water partition coefficient (Wildman–Crippen LogP) is -2.53. The quantitative estimate of drug-likeness (QED) is 0.379. The van der Waals surface area contributed by atoms with Crippen molar-refractivity contribution < 1.29 is 32.2 Å². The number of aliphatic carboxylic acids is 1. The fourth-order valence-electron chi connectivity index (χ4n) is 0.490. The van der Waals surface area contributed by atoms with Gasteiger partial charge in [0.2, 0.25) is 0 Å². The van der Waals surface area contributed by atoms with Crippen molar-refractivity contribution in [2.75, 3.05) is 0 Å². The molecule has 7 nitrogen and oxygen atoms in total. The third kappa shape index (κ3) is 4.58. The molecule has 0 aromatic rings. The Bertz CT molecular complexity index is 292. The molecule has 0 saturated heterocycles. The first-order valence-corrected chi connectivity index (χ1v) is 4.31. The van der Waals surface area contributed by atoms with Crippen LogP contribution in [0.15, 0.2) is 12.7 Å². The molecule has 0 aromatic carbocycles. The lowest BCUT2D eigenvalue weighted by atomic mass is 10.2. The van der Waals surface area contributed by atoms with Crippen LogP contribution in [0.1, 0.15) is 0 Å². The summed E-state index contributed by atoms with van der Waals surface area (Å²) in [4.78, 5) is 10.2. The number of carboxylic acid groups (broad SMARTS) is 1. The molecule has 0 aromatic heterocycles. The maximum atomic E-state index is 10.2. The summed E-state index contributed by atoms with van der Waals surface area (Å²) in [6.07, 6.45) is -3.26. The Morgan fingerprint density at radius 1 is 1.62 bits per heavy atom. The van der Waals surface area contributed by atoms with Crippen LogP contribution in [-0.4, -0.2) is 36.3 Å². The molecule has 0 aliphatic carbocycles. The first-order chi connectivity index (χ1) is 5.78. The number of carboxylic acids is 1. The lowest BCUT2D eigenvalue weighted by Gasteiger charge is -2.19. The highest BCUT2D eigenvalue weighted by Gasteiger charge is 2.24. The molecule has 2 N–H and O–H groups in total. The summed E-state index contributed by atoms with van der Waals surface area (Å²) in [5, 5.41) is 19.0. The largest absolute Gasteiger partial charge is 0.547 e. The van der Waals surface area contributed by atoms with Gasteiger partial charge in [-0.15, -0.1) is 6.58 Å². The highest BCUT2D eigenvalue weighted by atomic mass is 32.3. The van der Waals surface area contributed by atoms with Crippen molar-refractivity contribution in [3.05, 3.63) is 12.7 Å². The molecule has 0 rings (SSSR count). The number of carbonyl (C=O) groups is 1. The van der Waals surface area contributed by atoms with Gasteiger partial charge in [-0.2, -0.15) is 8.42 Å². The maximum absolute atomic E-state index is 10.2.